The molecule has 2 aromatic carbocycles. The Bertz CT molecular complexity index is 758. The van der Waals surface area contributed by atoms with Gasteiger partial charge in [0.25, 0.3) is 0 Å². The van der Waals surface area contributed by atoms with E-state index in [-0.39, 0.29) is 17.2 Å². The second kappa shape index (κ2) is 7.92. The number of aliphatic imine (C=N–C) groups is 1. The average Bonchev–Trinajstić information content (AvgIpc) is 2.58. The van der Waals surface area contributed by atoms with Crippen LogP contribution in [0, 0.1) is 0 Å². The van der Waals surface area contributed by atoms with Gasteiger partial charge in [-0.3, -0.25) is 4.99 Å². The van der Waals surface area contributed by atoms with Crippen LogP contribution in [0.3, 0.4) is 0 Å². The molecule has 0 bridgehead atoms. The SMILES string of the molecule is CCCOc1ccc(C(F)(F)F)cc1N=Cc1cc(OC)ccc1O. The minimum absolute atomic E-state index is 0.0329. The number of benzene rings is 2. The summed E-state index contributed by atoms with van der Waals surface area (Å²) in [6.45, 7) is 2.25. The first-order valence-electron chi connectivity index (χ1n) is 7.60. The van der Waals surface area contributed by atoms with Crippen molar-refractivity contribution >= 4 is 11.9 Å². The third-order valence-electron chi connectivity index (χ3n) is 3.33. The van der Waals surface area contributed by atoms with Crippen LogP contribution in [-0.2, 0) is 6.18 Å². The lowest BCUT2D eigenvalue weighted by atomic mass is 10.1. The average molecular weight is 353 g/mol. The van der Waals surface area contributed by atoms with E-state index in [1.165, 1.54) is 31.5 Å². The molecule has 134 valence electrons. The largest absolute Gasteiger partial charge is 0.507 e. The minimum atomic E-state index is -4.48. The maximum atomic E-state index is 12.9. The van der Waals surface area contributed by atoms with Gasteiger partial charge in [0.1, 0.15) is 22.9 Å². The lowest BCUT2D eigenvalue weighted by Gasteiger charge is -2.12. The molecule has 0 saturated carbocycles. The Morgan fingerprint density at radius 2 is 1.92 bits per heavy atom. The first-order valence-corrected chi connectivity index (χ1v) is 7.60. The van der Waals surface area contributed by atoms with E-state index >= 15 is 0 Å². The van der Waals surface area contributed by atoms with Crippen LogP contribution in [-0.4, -0.2) is 25.0 Å². The molecule has 0 saturated heterocycles. The molecular formula is C18H18F3NO3. The zero-order valence-electron chi connectivity index (χ0n) is 13.8. The Morgan fingerprint density at radius 3 is 2.56 bits per heavy atom. The second-order valence-corrected chi connectivity index (χ2v) is 5.21. The second-order valence-electron chi connectivity index (χ2n) is 5.21. The number of ether oxygens (including phenoxy) is 2. The Morgan fingerprint density at radius 1 is 1.16 bits per heavy atom. The molecule has 0 spiro atoms. The molecule has 25 heavy (non-hydrogen) atoms. The smallest absolute Gasteiger partial charge is 0.416 e. The fourth-order valence-electron chi connectivity index (χ4n) is 2.03. The van der Waals surface area contributed by atoms with Crippen LogP contribution in [0.5, 0.6) is 17.2 Å². The topological polar surface area (TPSA) is 51.0 Å². The fourth-order valence-corrected chi connectivity index (χ4v) is 2.03. The standard InChI is InChI=1S/C18H18F3NO3/c1-3-8-25-17-7-4-13(18(19,20)21)10-15(17)22-11-12-9-14(24-2)5-6-16(12)23/h4-7,9-11,23H,3,8H2,1-2H3. The van der Waals surface area contributed by atoms with Crippen molar-refractivity contribution in [3.63, 3.8) is 0 Å². The van der Waals surface area contributed by atoms with Gasteiger partial charge in [-0.25, -0.2) is 0 Å². The Hall–Kier alpha value is -2.70. The van der Waals surface area contributed by atoms with Crippen molar-refractivity contribution in [1.82, 2.24) is 0 Å². The number of hydrogen-bond acceptors (Lipinski definition) is 4. The van der Waals surface area contributed by atoms with E-state index in [1.807, 2.05) is 6.92 Å². The first kappa shape index (κ1) is 18.6. The molecule has 0 aliphatic rings. The summed E-state index contributed by atoms with van der Waals surface area (Å²) < 4.78 is 49.3. The van der Waals surface area contributed by atoms with Gasteiger partial charge in [0.15, 0.2) is 0 Å². The van der Waals surface area contributed by atoms with Crippen LogP contribution >= 0.6 is 0 Å². The molecule has 0 atom stereocenters. The highest BCUT2D eigenvalue weighted by Crippen LogP contribution is 2.36. The molecular weight excluding hydrogens is 335 g/mol. The number of phenolic OH excluding ortho intramolecular Hbond substituents is 1. The lowest BCUT2D eigenvalue weighted by molar-refractivity contribution is -0.137. The highest BCUT2D eigenvalue weighted by atomic mass is 19.4. The third kappa shape index (κ3) is 4.89. The van der Waals surface area contributed by atoms with Gasteiger partial charge < -0.3 is 14.6 Å². The first-order chi connectivity index (χ1) is 11.8. The van der Waals surface area contributed by atoms with Crippen LogP contribution in [0.4, 0.5) is 18.9 Å². The molecule has 1 N–H and O–H groups in total. The monoisotopic (exact) mass is 353 g/mol. The van der Waals surface area contributed by atoms with E-state index in [9.17, 15) is 18.3 Å². The number of hydrogen-bond donors (Lipinski definition) is 1. The van der Waals surface area contributed by atoms with Crippen LogP contribution in [0.15, 0.2) is 41.4 Å². The van der Waals surface area contributed by atoms with Gasteiger partial charge in [0, 0.05) is 11.8 Å². The zero-order chi connectivity index (χ0) is 18.4. The summed E-state index contributed by atoms with van der Waals surface area (Å²) in [5.41, 5.74) is -0.470. The predicted octanol–water partition coefficient (Wildman–Crippen LogP) is 4.96. The van der Waals surface area contributed by atoms with Gasteiger partial charge in [-0.15, -0.1) is 0 Å². The van der Waals surface area contributed by atoms with E-state index in [1.54, 1.807) is 6.07 Å². The molecule has 0 unspecified atom stereocenters. The van der Waals surface area contributed by atoms with Gasteiger partial charge in [-0.1, -0.05) is 6.92 Å². The summed E-state index contributed by atoms with van der Waals surface area (Å²) in [4.78, 5) is 4.07. The molecule has 0 aromatic heterocycles. The molecule has 0 radical (unpaired) electrons. The summed E-state index contributed by atoms with van der Waals surface area (Å²) >= 11 is 0. The quantitative estimate of drug-likeness (QED) is 0.747. The summed E-state index contributed by atoms with van der Waals surface area (Å²) in [6, 6.07) is 7.62. The lowest BCUT2D eigenvalue weighted by Crippen LogP contribution is -2.05. The van der Waals surface area contributed by atoms with Gasteiger partial charge in [-0.2, -0.15) is 13.2 Å². The molecule has 4 nitrogen and oxygen atoms in total. The third-order valence-corrected chi connectivity index (χ3v) is 3.33. The van der Waals surface area contributed by atoms with Crippen molar-refractivity contribution in [2.45, 2.75) is 19.5 Å². The number of nitrogens with zero attached hydrogens (tertiary/aromatic N) is 1. The van der Waals surface area contributed by atoms with Crippen molar-refractivity contribution in [2.24, 2.45) is 4.99 Å². The van der Waals surface area contributed by atoms with Crippen LogP contribution in [0.25, 0.3) is 0 Å². The number of phenols is 1. The van der Waals surface area contributed by atoms with Gasteiger partial charge in [-0.05, 0) is 42.8 Å². The predicted molar refractivity (Wildman–Crippen MR) is 89.1 cm³/mol. The normalized spacial score (nSPS) is 11.7. The summed E-state index contributed by atoms with van der Waals surface area (Å²) in [7, 11) is 1.47. The molecule has 7 heteroatoms. The van der Waals surface area contributed by atoms with Gasteiger partial charge >= 0.3 is 6.18 Å². The summed E-state index contributed by atoms with van der Waals surface area (Å²) in [6.07, 6.45) is -2.50. The number of alkyl halides is 3. The molecule has 2 rings (SSSR count). The van der Waals surface area contributed by atoms with Gasteiger partial charge in [0.2, 0.25) is 0 Å². The number of halogens is 3. The van der Waals surface area contributed by atoms with E-state index < -0.39 is 11.7 Å². The number of methoxy groups -OCH3 is 1. The van der Waals surface area contributed by atoms with Crippen LogP contribution < -0.4 is 9.47 Å². The van der Waals surface area contributed by atoms with E-state index in [2.05, 4.69) is 4.99 Å². The molecule has 0 aliphatic heterocycles. The molecule has 0 aliphatic carbocycles. The highest BCUT2D eigenvalue weighted by molar-refractivity contribution is 5.86. The van der Waals surface area contributed by atoms with Crippen molar-refractivity contribution in [1.29, 1.82) is 0 Å². The summed E-state index contributed by atoms with van der Waals surface area (Å²) in [5, 5.41) is 9.85. The van der Waals surface area contributed by atoms with E-state index in [4.69, 9.17) is 9.47 Å². The van der Waals surface area contributed by atoms with Crippen molar-refractivity contribution in [3.8, 4) is 17.2 Å². The minimum Gasteiger partial charge on any atom is -0.507 e. The maximum Gasteiger partial charge on any atom is 0.416 e. The van der Waals surface area contributed by atoms with Crippen molar-refractivity contribution in [2.75, 3.05) is 13.7 Å². The van der Waals surface area contributed by atoms with Crippen LogP contribution in [0.1, 0.15) is 24.5 Å². The van der Waals surface area contributed by atoms with Crippen LogP contribution in [0.2, 0.25) is 0 Å². The van der Waals surface area contributed by atoms with Crippen molar-refractivity contribution < 1.29 is 27.8 Å². The fraction of sp³-hybridized carbons (Fsp3) is 0.278. The molecule has 0 fully saturated rings. The Labute approximate surface area is 143 Å². The van der Waals surface area contributed by atoms with E-state index in [0.29, 0.717) is 24.3 Å². The molecule has 0 amide bonds. The van der Waals surface area contributed by atoms with Crippen molar-refractivity contribution in [3.05, 3.63) is 47.5 Å². The van der Waals surface area contributed by atoms with Gasteiger partial charge in [0.05, 0.1) is 19.3 Å². The Kier molecular flexibility index (Phi) is 5.90. The highest BCUT2D eigenvalue weighted by Gasteiger charge is 2.31. The maximum absolute atomic E-state index is 12.9. The zero-order valence-corrected chi connectivity index (χ0v) is 13.8. The summed E-state index contributed by atoms with van der Waals surface area (Å²) in [5.74, 6) is 0.673. The number of rotatable bonds is 6. The number of aromatic hydroxyl groups is 1. The Balaban J connectivity index is 2.41. The van der Waals surface area contributed by atoms with E-state index in [0.717, 1.165) is 12.1 Å². The molecule has 0 heterocycles. The molecule has 2 aromatic rings.